The second kappa shape index (κ2) is 7.06. The zero-order valence-corrected chi connectivity index (χ0v) is 12.5. The van der Waals surface area contributed by atoms with Gasteiger partial charge in [-0.15, -0.1) is 0 Å². The highest BCUT2D eigenvalue weighted by atomic mass is 32.2. The van der Waals surface area contributed by atoms with E-state index in [1.54, 1.807) is 14.2 Å². The lowest BCUT2D eigenvalue weighted by Crippen LogP contribution is -2.19. The molecule has 3 nitrogen and oxygen atoms in total. The van der Waals surface area contributed by atoms with Crippen molar-refractivity contribution in [3.05, 3.63) is 23.8 Å². The minimum Gasteiger partial charge on any atom is -0.497 e. The summed E-state index contributed by atoms with van der Waals surface area (Å²) in [6, 6.07) is 5.87. The number of rotatable bonds is 5. The molecule has 0 saturated carbocycles. The van der Waals surface area contributed by atoms with Crippen LogP contribution in [0.15, 0.2) is 18.2 Å². The average molecular weight is 281 g/mol. The molecule has 0 bridgehead atoms. The number of methoxy groups -OCH3 is 2. The smallest absolute Gasteiger partial charge is 0.123 e. The van der Waals surface area contributed by atoms with Crippen molar-refractivity contribution in [1.29, 1.82) is 0 Å². The van der Waals surface area contributed by atoms with Crippen molar-refractivity contribution in [1.82, 2.24) is 0 Å². The van der Waals surface area contributed by atoms with Gasteiger partial charge in [-0.05, 0) is 54.9 Å². The molecule has 1 aliphatic heterocycles. The molecule has 2 N–H and O–H groups in total. The predicted octanol–water partition coefficient (Wildman–Crippen LogP) is 3.24. The highest BCUT2D eigenvalue weighted by Crippen LogP contribution is 2.34. The van der Waals surface area contributed by atoms with Crippen LogP contribution in [0.2, 0.25) is 0 Å². The van der Waals surface area contributed by atoms with E-state index in [1.807, 2.05) is 30.0 Å². The molecule has 0 amide bonds. The van der Waals surface area contributed by atoms with Crippen LogP contribution in [0.3, 0.4) is 0 Å². The molecular weight excluding hydrogens is 258 g/mol. The van der Waals surface area contributed by atoms with Crippen LogP contribution in [0.4, 0.5) is 0 Å². The van der Waals surface area contributed by atoms with Crippen LogP contribution in [0, 0.1) is 5.92 Å². The molecule has 1 heterocycles. The van der Waals surface area contributed by atoms with Gasteiger partial charge in [0.25, 0.3) is 0 Å². The lowest BCUT2D eigenvalue weighted by atomic mass is 9.91. The van der Waals surface area contributed by atoms with Gasteiger partial charge in [0.1, 0.15) is 11.5 Å². The van der Waals surface area contributed by atoms with Crippen molar-refractivity contribution in [2.45, 2.75) is 25.3 Å². The maximum atomic E-state index is 6.38. The highest BCUT2D eigenvalue weighted by Gasteiger charge is 2.20. The van der Waals surface area contributed by atoms with E-state index < -0.39 is 0 Å². The van der Waals surface area contributed by atoms with Crippen molar-refractivity contribution in [2.75, 3.05) is 25.7 Å². The maximum Gasteiger partial charge on any atom is 0.123 e. The highest BCUT2D eigenvalue weighted by molar-refractivity contribution is 7.99. The van der Waals surface area contributed by atoms with Crippen molar-refractivity contribution in [2.24, 2.45) is 11.7 Å². The van der Waals surface area contributed by atoms with Gasteiger partial charge in [0.05, 0.1) is 14.2 Å². The zero-order valence-electron chi connectivity index (χ0n) is 11.7. The Hall–Kier alpha value is -0.870. The van der Waals surface area contributed by atoms with Gasteiger partial charge in [-0.3, -0.25) is 0 Å². The molecule has 0 spiro atoms. The lowest BCUT2D eigenvalue weighted by Gasteiger charge is -2.25. The second-order valence-corrected chi connectivity index (χ2v) is 6.23. The molecule has 0 radical (unpaired) electrons. The molecule has 19 heavy (non-hydrogen) atoms. The summed E-state index contributed by atoms with van der Waals surface area (Å²) in [6.07, 6.45) is 3.60. The topological polar surface area (TPSA) is 44.5 Å². The van der Waals surface area contributed by atoms with Crippen LogP contribution >= 0.6 is 11.8 Å². The third kappa shape index (κ3) is 3.80. The number of thioether (sulfide) groups is 1. The van der Waals surface area contributed by atoms with Crippen LogP contribution in [-0.2, 0) is 0 Å². The first-order valence-corrected chi connectivity index (χ1v) is 7.95. The van der Waals surface area contributed by atoms with E-state index >= 15 is 0 Å². The molecule has 1 aromatic rings. The summed E-state index contributed by atoms with van der Waals surface area (Å²) in [7, 11) is 3.37. The van der Waals surface area contributed by atoms with E-state index in [0.29, 0.717) is 0 Å². The first-order valence-electron chi connectivity index (χ1n) is 6.80. The molecule has 1 saturated heterocycles. The Morgan fingerprint density at radius 1 is 1.26 bits per heavy atom. The SMILES string of the molecule is COc1ccc(OC)c(C(N)CC2CCSCC2)c1. The Kier molecular flexibility index (Phi) is 5.40. The van der Waals surface area contributed by atoms with E-state index in [0.717, 1.165) is 29.4 Å². The van der Waals surface area contributed by atoms with E-state index in [1.165, 1.54) is 24.3 Å². The standard InChI is InChI=1S/C15H23NO2S/c1-17-12-3-4-15(18-2)13(10-12)14(16)9-11-5-7-19-8-6-11/h3-4,10-11,14H,5-9,16H2,1-2H3. The van der Waals surface area contributed by atoms with Gasteiger partial charge in [-0.1, -0.05) is 0 Å². The van der Waals surface area contributed by atoms with Gasteiger partial charge in [0.15, 0.2) is 0 Å². The molecule has 0 aliphatic carbocycles. The second-order valence-electron chi connectivity index (χ2n) is 5.01. The van der Waals surface area contributed by atoms with Crippen LogP contribution in [0.25, 0.3) is 0 Å². The van der Waals surface area contributed by atoms with Crippen LogP contribution in [0.5, 0.6) is 11.5 Å². The Morgan fingerprint density at radius 2 is 2.00 bits per heavy atom. The summed E-state index contributed by atoms with van der Waals surface area (Å²) in [5.41, 5.74) is 7.44. The summed E-state index contributed by atoms with van der Waals surface area (Å²) in [5, 5.41) is 0. The fraction of sp³-hybridized carbons (Fsp3) is 0.600. The quantitative estimate of drug-likeness (QED) is 0.900. The average Bonchev–Trinajstić information content (AvgIpc) is 2.47. The van der Waals surface area contributed by atoms with Gasteiger partial charge in [-0.2, -0.15) is 11.8 Å². The fourth-order valence-electron chi connectivity index (χ4n) is 2.60. The number of nitrogens with two attached hydrogens (primary N) is 1. The molecule has 4 heteroatoms. The van der Waals surface area contributed by atoms with Crippen molar-refractivity contribution >= 4 is 11.8 Å². The minimum absolute atomic E-state index is 0.0261. The molecule has 1 aromatic carbocycles. The fourth-order valence-corrected chi connectivity index (χ4v) is 3.80. The number of benzene rings is 1. The third-order valence-electron chi connectivity index (χ3n) is 3.76. The number of hydrogen-bond acceptors (Lipinski definition) is 4. The molecule has 1 atom stereocenters. The van der Waals surface area contributed by atoms with Gasteiger partial charge in [-0.25, -0.2) is 0 Å². The number of ether oxygens (including phenoxy) is 2. The normalized spacial score (nSPS) is 18.1. The van der Waals surface area contributed by atoms with Gasteiger partial charge in [0.2, 0.25) is 0 Å². The summed E-state index contributed by atoms with van der Waals surface area (Å²) in [6.45, 7) is 0. The van der Waals surface area contributed by atoms with Crippen LogP contribution in [0.1, 0.15) is 30.9 Å². The number of hydrogen-bond donors (Lipinski definition) is 1. The van der Waals surface area contributed by atoms with Gasteiger partial charge in [0, 0.05) is 11.6 Å². The van der Waals surface area contributed by atoms with Crippen LogP contribution in [-0.4, -0.2) is 25.7 Å². The van der Waals surface area contributed by atoms with Gasteiger partial charge < -0.3 is 15.2 Å². The Morgan fingerprint density at radius 3 is 2.63 bits per heavy atom. The van der Waals surface area contributed by atoms with Crippen molar-refractivity contribution in [3.63, 3.8) is 0 Å². The zero-order chi connectivity index (χ0) is 13.7. The van der Waals surface area contributed by atoms with E-state index in [-0.39, 0.29) is 6.04 Å². The van der Waals surface area contributed by atoms with Crippen molar-refractivity contribution < 1.29 is 9.47 Å². The molecule has 1 unspecified atom stereocenters. The van der Waals surface area contributed by atoms with Crippen molar-refractivity contribution in [3.8, 4) is 11.5 Å². The summed E-state index contributed by atoms with van der Waals surface area (Å²) in [4.78, 5) is 0. The summed E-state index contributed by atoms with van der Waals surface area (Å²) < 4.78 is 10.7. The van der Waals surface area contributed by atoms with E-state index in [9.17, 15) is 0 Å². The van der Waals surface area contributed by atoms with E-state index in [4.69, 9.17) is 15.2 Å². The van der Waals surface area contributed by atoms with Crippen LogP contribution < -0.4 is 15.2 Å². The first-order chi connectivity index (χ1) is 9.24. The molecular formula is C15H23NO2S. The predicted molar refractivity (Wildman–Crippen MR) is 81.1 cm³/mol. The molecule has 106 valence electrons. The molecule has 1 aliphatic rings. The maximum absolute atomic E-state index is 6.38. The summed E-state index contributed by atoms with van der Waals surface area (Å²) in [5.74, 6) is 4.98. The Balaban J connectivity index is 2.09. The first kappa shape index (κ1) is 14.5. The minimum atomic E-state index is 0.0261. The van der Waals surface area contributed by atoms with Gasteiger partial charge >= 0.3 is 0 Å². The largest absolute Gasteiger partial charge is 0.497 e. The van der Waals surface area contributed by atoms with E-state index in [2.05, 4.69) is 0 Å². The summed E-state index contributed by atoms with van der Waals surface area (Å²) >= 11 is 2.05. The molecule has 1 fully saturated rings. The Labute approximate surface area is 119 Å². The Bertz CT molecular complexity index is 405. The molecule has 2 rings (SSSR count). The third-order valence-corrected chi connectivity index (χ3v) is 4.81. The lowest BCUT2D eigenvalue weighted by molar-refractivity contribution is 0.377. The molecule has 0 aromatic heterocycles. The monoisotopic (exact) mass is 281 g/mol.